The average Bonchev–Trinajstić information content (AvgIpc) is 2.36. The van der Waals surface area contributed by atoms with Crippen molar-refractivity contribution in [3.05, 3.63) is 0 Å². The van der Waals surface area contributed by atoms with E-state index in [1.807, 2.05) is 0 Å². The highest BCUT2D eigenvalue weighted by Gasteiger charge is 2.18. The number of hydrogen-bond donors (Lipinski definition) is 2. The molecular weight excluding hydrogens is 170 g/mol. The summed E-state index contributed by atoms with van der Waals surface area (Å²) in [5.41, 5.74) is 5.31. The fraction of sp³-hybridized carbons (Fsp3) is 0.875. The predicted molar refractivity (Wildman–Crippen MR) is 55.1 cm³/mol. The minimum absolute atomic E-state index is 0.404. The Morgan fingerprint density at radius 3 is 3.00 bits per heavy atom. The molecule has 0 aliphatic carbocycles. The number of thiocarbonyl (C=S) groups is 1. The van der Waals surface area contributed by atoms with Crippen LogP contribution in [0.25, 0.3) is 0 Å². The van der Waals surface area contributed by atoms with E-state index >= 15 is 0 Å². The Hall–Kier alpha value is -0.350. The molecular formula is C8H17N3S. The van der Waals surface area contributed by atoms with E-state index in [1.165, 1.54) is 19.4 Å². The molecule has 1 atom stereocenters. The molecule has 3 nitrogen and oxygen atoms in total. The molecule has 1 fully saturated rings. The molecule has 3 N–H and O–H groups in total. The number of hydrogen-bond acceptors (Lipinski definition) is 2. The lowest BCUT2D eigenvalue weighted by molar-refractivity contribution is 0.273. The maximum absolute atomic E-state index is 5.31. The van der Waals surface area contributed by atoms with Crippen LogP contribution < -0.4 is 11.1 Å². The topological polar surface area (TPSA) is 41.3 Å². The fourth-order valence-electron chi connectivity index (χ4n) is 1.65. The van der Waals surface area contributed by atoms with Gasteiger partial charge in [-0.15, -0.1) is 0 Å². The van der Waals surface area contributed by atoms with Gasteiger partial charge in [0.05, 0.1) is 0 Å². The highest BCUT2D eigenvalue weighted by atomic mass is 32.1. The minimum Gasteiger partial charge on any atom is -0.376 e. The van der Waals surface area contributed by atoms with Crippen LogP contribution in [0.15, 0.2) is 0 Å². The Labute approximate surface area is 79.3 Å². The number of nitrogens with zero attached hydrogens (tertiary/aromatic N) is 1. The van der Waals surface area contributed by atoms with E-state index in [0.717, 1.165) is 19.1 Å². The van der Waals surface area contributed by atoms with Crippen LogP contribution in [0.2, 0.25) is 0 Å². The number of nitrogens with two attached hydrogens (primary N) is 1. The van der Waals surface area contributed by atoms with Crippen molar-refractivity contribution in [3.63, 3.8) is 0 Å². The summed E-state index contributed by atoms with van der Waals surface area (Å²) >= 11 is 4.71. The third-order valence-electron chi connectivity index (χ3n) is 2.39. The second kappa shape index (κ2) is 4.62. The molecule has 0 aromatic rings. The van der Waals surface area contributed by atoms with Gasteiger partial charge in [0.25, 0.3) is 0 Å². The van der Waals surface area contributed by atoms with Gasteiger partial charge >= 0.3 is 0 Å². The van der Waals surface area contributed by atoms with Crippen molar-refractivity contribution < 1.29 is 0 Å². The smallest absolute Gasteiger partial charge is 0.163 e. The SMILES string of the molecule is CC1CCCN1CCNC(N)=S. The molecule has 70 valence electrons. The van der Waals surface area contributed by atoms with Crippen molar-refractivity contribution in [2.75, 3.05) is 19.6 Å². The second-order valence-electron chi connectivity index (χ2n) is 3.32. The van der Waals surface area contributed by atoms with E-state index < -0.39 is 0 Å². The van der Waals surface area contributed by atoms with Gasteiger partial charge in [0.1, 0.15) is 0 Å². The van der Waals surface area contributed by atoms with Gasteiger partial charge in [-0.1, -0.05) is 0 Å². The van der Waals surface area contributed by atoms with Crippen LogP contribution in [0.5, 0.6) is 0 Å². The molecule has 0 radical (unpaired) electrons. The number of likely N-dealkylation sites (tertiary alicyclic amines) is 1. The lowest BCUT2D eigenvalue weighted by Crippen LogP contribution is -2.38. The molecule has 0 bridgehead atoms. The summed E-state index contributed by atoms with van der Waals surface area (Å²) < 4.78 is 0. The van der Waals surface area contributed by atoms with Crippen LogP contribution in [0.1, 0.15) is 19.8 Å². The molecule has 1 aliphatic heterocycles. The first-order chi connectivity index (χ1) is 5.70. The van der Waals surface area contributed by atoms with Crippen molar-refractivity contribution in [2.45, 2.75) is 25.8 Å². The second-order valence-corrected chi connectivity index (χ2v) is 3.76. The van der Waals surface area contributed by atoms with Gasteiger partial charge in [-0.3, -0.25) is 4.90 Å². The van der Waals surface area contributed by atoms with Crippen molar-refractivity contribution >= 4 is 17.3 Å². The zero-order chi connectivity index (χ0) is 8.97. The highest BCUT2D eigenvalue weighted by molar-refractivity contribution is 7.80. The Morgan fingerprint density at radius 1 is 1.75 bits per heavy atom. The Kier molecular flexibility index (Phi) is 3.75. The van der Waals surface area contributed by atoms with Gasteiger partial charge in [-0.25, -0.2) is 0 Å². The molecule has 0 saturated carbocycles. The molecule has 0 aromatic heterocycles. The molecule has 0 amide bonds. The third-order valence-corrected chi connectivity index (χ3v) is 2.53. The van der Waals surface area contributed by atoms with Crippen LogP contribution in [0, 0.1) is 0 Å². The molecule has 0 aromatic carbocycles. The van der Waals surface area contributed by atoms with Crippen molar-refractivity contribution in [1.82, 2.24) is 10.2 Å². The quantitative estimate of drug-likeness (QED) is 0.624. The van der Waals surface area contributed by atoms with Crippen LogP contribution >= 0.6 is 12.2 Å². The standard InChI is InChI=1S/C8H17N3S/c1-7-3-2-5-11(7)6-4-10-8(9)12/h7H,2-6H2,1H3,(H3,9,10,12). The molecule has 1 aliphatic rings. The van der Waals surface area contributed by atoms with Crippen LogP contribution in [0.4, 0.5) is 0 Å². The Bertz CT molecular complexity index is 160. The van der Waals surface area contributed by atoms with Gasteiger partial charge in [0, 0.05) is 19.1 Å². The van der Waals surface area contributed by atoms with Crippen LogP contribution in [-0.4, -0.2) is 35.7 Å². The lowest BCUT2D eigenvalue weighted by atomic mass is 10.2. The first kappa shape index (κ1) is 9.74. The summed E-state index contributed by atoms with van der Waals surface area (Å²) in [5, 5.41) is 3.36. The van der Waals surface area contributed by atoms with Crippen molar-refractivity contribution in [3.8, 4) is 0 Å². The van der Waals surface area contributed by atoms with Crippen molar-refractivity contribution in [2.24, 2.45) is 5.73 Å². The molecule has 4 heteroatoms. The maximum atomic E-state index is 5.31. The summed E-state index contributed by atoms with van der Waals surface area (Å²) in [7, 11) is 0. The van der Waals surface area contributed by atoms with Gasteiger partial charge in [0.2, 0.25) is 0 Å². The summed E-state index contributed by atoms with van der Waals surface area (Å²) in [5.74, 6) is 0. The molecule has 1 saturated heterocycles. The summed E-state index contributed by atoms with van der Waals surface area (Å²) in [4.78, 5) is 2.46. The van der Waals surface area contributed by atoms with E-state index in [0.29, 0.717) is 5.11 Å². The molecule has 1 rings (SSSR count). The monoisotopic (exact) mass is 187 g/mol. The molecule has 1 heterocycles. The Morgan fingerprint density at radius 2 is 2.50 bits per heavy atom. The lowest BCUT2D eigenvalue weighted by Gasteiger charge is -2.20. The largest absolute Gasteiger partial charge is 0.376 e. The maximum Gasteiger partial charge on any atom is 0.163 e. The van der Waals surface area contributed by atoms with Crippen LogP contribution in [-0.2, 0) is 0 Å². The normalized spacial score (nSPS) is 24.2. The fourth-order valence-corrected chi connectivity index (χ4v) is 1.75. The Balaban J connectivity index is 2.10. The van der Waals surface area contributed by atoms with E-state index in [1.54, 1.807) is 0 Å². The number of rotatable bonds is 3. The average molecular weight is 187 g/mol. The zero-order valence-corrected chi connectivity index (χ0v) is 8.36. The van der Waals surface area contributed by atoms with Gasteiger partial charge in [-0.2, -0.15) is 0 Å². The van der Waals surface area contributed by atoms with Gasteiger partial charge in [-0.05, 0) is 38.5 Å². The van der Waals surface area contributed by atoms with Crippen molar-refractivity contribution in [1.29, 1.82) is 0 Å². The minimum atomic E-state index is 0.404. The zero-order valence-electron chi connectivity index (χ0n) is 7.55. The van der Waals surface area contributed by atoms with Gasteiger partial charge in [0.15, 0.2) is 5.11 Å². The summed E-state index contributed by atoms with van der Waals surface area (Å²) in [6.07, 6.45) is 2.65. The first-order valence-electron chi connectivity index (χ1n) is 4.47. The van der Waals surface area contributed by atoms with E-state index in [-0.39, 0.29) is 0 Å². The summed E-state index contributed by atoms with van der Waals surface area (Å²) in [6.45, 7) is 5.42. The number of nitrogens with one attached hydrogen (secondary N) is 1. The van der Waals surface area contributed by atoms with E-state index in [2.05, 4.69) is 17.1 Å². The van der Waals surface area contributed by atoms with Crippen LogP contribution in [0.3, 0.4) is 0 Å². The molecule has 0 spiro atoms. The van der Waals surface area contributed by atoms with E-state index in [9.17, 15) is 0 Å². The summed E-state index contributed by atoms with van der Waals surface area (Å²) in [6, 6.07) is 0.734. The molecule has 12 heavy (non-hydrogen) atoms. The highest BCUT2D eigenvalue weighted by Crippen LogP contribution is 2.14. The van der Waals surface area contributed by atoms with E-state index in [4.69, 9.17) is 18.0 Å². The first-order valence-corrected chi connectivity index (χ1v) is 4.88. The molecule has 1 unspecified atom stereocenters. The third kappa shape index (κ3) is 2.95. The predicted octanol–water partition coefficient (Wildman–Crippen LogP) is 0.304. The van der Waals surface area contributed by atoms with Gasteiger partial charge < -0.3 is 11.1 Å².